The molecule has 6 nitrogen and oxygen atoms in total. The molecule has 136 valence electrons. The van der Waals surface area contributed by atoms with Crippen LogP contribution in [0.3, 0.4) is 0 Å². The summed E-state index contributed by atoms with van der Waals surface area (Å²) in [5.41, 5.74) is 0.332. The van der Waals surface area contributed by atoms with Crippen molar-refractivity contribution in [2.45, 2.75) is 41.3 Å². The average molecular weight is 401 g/mol. The number of anilines is 1. The highest BCUT2D eigenvalue weighted by Gasteiger charge is 2.30. The molecule has 0 aliphatic carbocycles. The lowest BCUT2D eigenvalue weighted by atomic mass is 10.1. The zero-order valence-corrected chi connectivity index (χ0v) is 16.2. The van der Waals surface area contributed by atoms with Crippen molar-refractivity contribution in [1.82, 2.24) is 4.31 Å². The van der Waals surface area contributed by atoms with Crippen molar-refractivity contribution in [3.63, 3.8) is 0 Å². The molecule has 2 heterocycles. The van der Waals surface area contributed by atoms with Crippen LogP contribution in [-0.2, 0) is 20.0 Å². The van der Waals surface area contributed by atoms with Crippen molar-refractivity contribution in [2.24, 2.45) is 0 Å². The number of hydrogen-bond donors (Lipinski definition) is 1. The van der Waals surface area contributed by atoms with Gasteiger partial charge in [-0.1, -0.05) is 12.5 Å². The second kappa shape index (κ2) is 7.06. The Morgan fingerprint density at radius 1 is 1.08 bits per heavy atom. The first-order chi connectivity index (χ1) is 11.8. The molecule has 0 bridgehead atoms. The number of sulfonamides is 2. The quantitative estimate of drug-likeness (QED) is 0.836. The van der Waals surface area contributed by atoms with Crippen LogP contribution in [0.25, 0.3) is 0 Å². The molecule has 2 aromatic rings. The van der Waals surface area contributed by atoms with Crippen LogP contribution in [0.1, 0.15) is 26.2 Å². The summed E-state index contributed by atoms with van der Waals surface area (Å²) in [7, 11) is -7.20. The van der Waals surface area contributed by atoms with Crippen LogP contribution in [0.15, 0.2) is 50.9 Å². The highest BCUT2D eigenvalue weighted by Crippen LogP contribution is 2.26. The number of thiophene rings is 1. The fourth-order valence-corrected chi connectivity index (χ4v) is 6.63. The number of benzene rings is 1. The van der Waals surface area contributed by atoms with Crippen LogP contribution in [0.5, 0.6) is 0 Å². The van der Waals surface area contributed by atoms with Gasteiger partial charge in [0, 0.05) is 18.3 Å². The number of nitrogens with zero attached hydrogens (tertiary/aromatic N) is 1. The van der Waals surface area contributed by atoms with Crippen molar-refractivity contribution in [2.75, 3.05) is 11.3 Å². The normalized spacial score (nSPS) is 19.6. The van der Waals surface area contributed by atoms with Crippen molar-refractivity contribution >= 4 is 37.1 Å². The zero-order chi connectivity index (χ0) is 18.1. The molecule has 3 rings (SSSR count). The van der Waals surface area contributed by atoms with Gasteiger partial charge in [0.15, 0.2) is 0 Å². The molecule has 1 aromatic heterocycles. The Hall–Kier alpha value is -1.42. The van der Waals surface area contributed by atoms with Gasteiger partial charge in [0.05, 0.1) is 4.90 Å². The third-order valence-corrected chi connectivity index (χ3v) is 9.02. The smallest absolute Gasteiger partial charge is 0.271 e. The topological polar surface area (TPSA) is 83.6 Å². The minimum atomic E-state index is -3.64. The first-order valence-corrected chi connectivity index (χ1v) is 11.8. The maximum atomic E-state index is 12.8. The van der Waals surface area contributed by atoms with Crippen molar-refractivity contribution < 1.29 is 16.8 Å². The molecule has 1 saturated heterocycles. The Bertz CT molecular complexity index is 920. The summed E-state index contributed by atoms with van der Waals surface area (Å²) in [6, 6.07) is 9.01. The standard InChI is InChI=1S/C16H20N2O4S3/c1-13-5-2-3-11-18(13)25(21,22)15-9-7-14(8-10-15)17-24(19,20)16-6-4-12-23-16/h4,6-10,12-13,17H,2-3,5,11H2,1H3/t13-/m1/s1. The van der Waals surface area contributed by atoms with Gasteiger partial charge in [0.25, 0.3) is 10.0 Å². The summed E-state index contributed by atoms with van der Waals surface area (Å²) in [5.74, 6) is 0. The molecule has 1 aliphatic heterocycles. The van der Waals surface area contributed by atoms with Gasteiger partial charge in [0.1, 0.15) is 4.21 Å². The highest BCUT2D eigenvalue weighted by molar-refractivity contribution is 7.94. The van der Waals surface area contributed by atoms with Crippen LogP contribution in [0.4, 0.5) is 5.69 Å². The van der Waals surface area contributed by atoms with E-state index in [0.717, 1.165) is 30.6 Å². The van der Waals surface area contributed by atoms with Crippen molar-refractivity contribution in [3.05, 3.63) is 41.8 Å². The van der Waals surface area contributed by atoms with Gasteiger partial charge in [0.2, 0.25) is 10.0 Å². The van der Waals surface area contributed by atoms with E-state index in [1.54, 1.807) is 11.4 Å². The number of hydrogen-bond acceptors (Lipinski definition) is 5. The van der Waals surface area contributed by atoms with Crippen molar-refractivity contribution in [1.29, 1.82) is 0 Å². The fraction of sp³-hybridized carbons (Fsp3) is 0.375. The number of piperidine rings is 1. The van der Waals surface area contributed by atoms with E-state index < -0.39 is 20.0 Å². The van der Waals surface area contributed by atoms with Gasteiger partial charge >= 0.3 is 0 Å². The van der Waals surface area contributed by atoms with Crippen molar-refractivity contribution in [3.8, 4) is 0 Å². The average Bonchev–Trinajstić information content (AvgIpc) is 3.11. The predicted octanol–water partition coefficient (Wildman–Crippen LogP) is 3.11. The SMILES string of the molecule is C[C@@H]1CCCCN1S(=O)(=O)c1ccc(NS(=O)(=O)c2cccs2)cc1. The summed E-state index contributed by atoms with van der Waals surface area (Å²) >= 11 is 1.12. The van der Waals surface area contributed by atoms with Gasteiger partial charge in [-0.25, -0.2) is 16.8 Å². The molecule has 0 unspecified atom stereocenters. The lowest BCUT2D eigenvalue weighted by molar-refractivity contribution is 0.268. The molecule has 1 aromatic carbocycles. The Morgan fingerprint density at radius 3 is 2.40 bits per heavy atom. The molecule has 25 heavy (non-hydrogen) atoms. The zero-order valence-electron chi connectivity index (χ0n) is 13.8. The number of rotatable bonds is 5. The van der Waals surface area contributed by atoms with Gasteiger partial charge in [-0.05, 0) is 55.5 Å². The first kappa shape index (κ1) is 18.4. The number of nitrogens with one attached hydrogen (secondary N) is 1. The lowest BCUT2D eigenvalue weighted by Crippen LogP contribution is -2.41. The third-order valence-electron chi connectivity index (χ3n) is 4.22. The Labute approximate surface area is 152 Å². The largest absolute Gasteiger partial charge is 0.279 e. The molecule has 0 radical (unpaired) electrons. The van der Waals surface area contributed by atoms with E-state index in [1.807, 2.05) is 6.92 Å². The molecular weight excluding hydrogens is 380 g/mol. The van der Waals surface area contributed by atoms with Gasteiger partial charge in [-0.2, -0.15) is 4.31 Å². The van der Waals surface area contributed by atoms with E-state index in [4.69, 9.17) is 0 Å². The Balaban J connectivity index is 1.80. The Kier molecular flexibility index (Phi) is 5.19. The summed E-state index contributed by atoms with van der Waals surface area (Å²) in [4.78, 5) is 0.181. The maximum absolute atomic E-state index is 12.8. The van der Waals surface area contributed by atoms with Gasteiger partial charge in [-0.15, -0.1) is 11.3 Å². The lowest BCUT2D eigenvalue weighted by Gasteiger charge is -2.32. The summed E-state index contributed by atoms with van der Waals surface area (Å²) in [5, 5.41) is 1.68. The first-order valence-electron chi connectivity index (χ1n) is 7.99. The maximum Gasteiger partial charge on any atom is 0.271 e. The molecule has 9 heteroatoms. The van der Waals surface area contributed by atoms with E-state index in [0.29, 0.717) is 12.2 Å². The molecular formula is C16H20N2O4S3. The second-order valence-corrected chi connectivity index (χ2v) is 10.8. The van der Waals surface area contributed by atoms with E-state index in [2.05, 4.69) is 4.72 Å². The van der Waals surface area contributed by atoms with E-state index in [-0.39, 0.29) is 15.1 Å². The summed E-state index contributed by atoms with van der Waals surface area (Å²) < 4.78 is 54.2. The summed E-state index contributed by atoms with van der Waals surface area (Å²) in [6.45, 7) is 2.44. The third kappa shape index (κ3) is 3.89. The molecule has 1 aliphatic rings. The minimum absolute atomic E-state index is 0.0178. The van der Waals surface area contributed by atoms with Crippen LogP contribution < -0.4 is 4.72 Å². The van der Waals surface area contributed by atoms with E-state index >= 15 is 0 Å². The minimum Gasteiger partial charge on any atom is -0.279 e. The highest BCUT2D eigenvalue weighted by atomic mass is 32.2. The van der Waals surface area contributed by atoms with E-state index in [9.17, 15) is 16.8 Å². The van der Waals surface area contributed by atoms with Crippen LogP contribution in [0.2, 0.25) is 0 Å². The Morgan fingerprint density at radius 2 is 1.80 bits per heavy atom. The fourth-order valence-electron chi connectivity index (χ4n) is 2.88. The summed E-state index contributed by atoms with van der Waals surface area (Å²) in [6.07, 6.45) is 2.76. The molecule has 0 spiro atoms. The molecule has 1 fully saturated rings. The molecule has 0 saturated carbocycles. The van der Waals surface area contributed by atoms with Crippen LogP contribution >= 0.6 is 11.3 Å². The van der Waals surface area contributed by atoms with Gasteiger partial charge < -0.3 is 0 Å². The van der Waals surface area contributed by atoms with Crippen LogP contribution in [-0.4, -0.2) is 33.7 Å². The monoisotopic (exact) mass is 400 g/mol. The van der Waals surface area contributed by atoms with Gasteiger partial charge in [-0.3, -0.25) is 4.72 Å². The molecule has 1 atom stereocenters. The van der Waals surface area contributed by atoms with Crippen LogP contribution in [0, 0.1) is 0 Å². The predicted molar refractivity (Wildman–Crippen MR) is 98.8 cm³/mol. The molecule has 1 N–H and O–H groups in total. The second-order valence-electron chi connectivity index (χ2n) is 6.02. The van der Waals surface area contributed by atoms with E-state index in [1.165, 1.54) is 34.6 Å². The molecule has 0 amide bonds.